The number of carbonyl (C=O) groups is 2. The summed E-state index contributed by atoms with van der Waals surface area (Å²) in [7, 11) is 1.45. The van der Waals surface area contributed by atoms with Gasteiger partial charge in [-0.1, -0.05) is 0 Å². The minimum Gasteiger partial charge on any atom is -0.434 e. The van der Waals surface area contributed by atoms with Gasteiger partial charge in [-0.3, -0.25) is 9.69 Å². The number of amides is 2. The SMILES string of the molecule is CNC(=O)[C@H]1CN(c2ccc(-c3ccc(-n4cncn4)nc3)c(F)c2)C(=O)O1. The van der Waals surface area contributed by atoms with E-state index in [1.165, 1.54) is 41.5 Å². The number of ether oxygens (including phenoxy) is 1. The number of hydrogen-bond donors (Lipinski definition) is 1. The van der Waals surface area contributed by atoms with E-state index in [0.717, 1.165) is 0 Å². The first-order chi connectivity index (χ1) is 13.6. The molecule has 0 unspecified atom stereocenters. The fourth-order valence-electron chi connectivity index (χ4n) is 2.88. The summed E-state index contributed by atoms with van der Waals surface area (Å²) in [5, 5.41) is 6.41. The van der Waals surface area contributed by atoms with Crippen molar-refractivity contribution < 1.29 is 18.7 Å². The van der Waals surface area contributed by atoms with Crippen molar-refractivity contribution in [2.45, 2.75) is 6.10 Å². The van der Waals surface area contributed by atoms with Gasteiger partial charge in [-0.25, -0.2) is 23.8 Å². The van der Waals surface area contributed by atoms with Gasteiger partial charge in [0.1, 0.15) is 18.5 Å². The zero-order valence-electron chi connectivity index (χ0n) is 14.7. The van der Waals surface area contributed by atoms with Gasteiger partial charge in [0.15, 0.2) is 11.9 Å². The molecule has 1 N–H and O–H groups in total. The van der Waals surface area contributed by atoms with Gasteiger partial charge in [-0.2, -0.15) is 5.10 Å². The molecule has 10 heteroatoms. The van der Waals surface area contributed by atoms with Crippen molar-refractivity contribution in [2.24, 2.45) is 0 Å². The van der Waals surface area contributed by atoms with Gasteiger partial charge < -0.3 is 10.1 Å². The van der Waals surface area contributed by atoms with E-state index in [-0.39, 0.29) is 6.54 Å². The molecule has 0 spiro atoms. The highest BCUT2D eigenvalue weighted by Crippen LogP contribution is 2.29. The number of cyclic esters (lactones) is 1. The third kappa shape index (κ3) is 3.15. The Balaban J connectivity index is 1.57. The van der Waals surface area contributed by atoms with Crippen LogP contribution in [0.4, 0.5) is 14.9 Å². The predicted molar refractivity (Wildman–Crippen MR) is 96.2 cm³/mol. The molecule has 9 nitrogen and oxygen atoms in total. The minimum absolute atomic E-state index is 0.0193. The molecule has 3 heterocycles. The number of carbonyl (C=O) groups excluding carboxylic acids is 2. The number of nitrogens with one attached hydrogen (secondary N) is 1. The van der Waals surface area contributed by atoms with Gasteiger partial charge in [0.05, 0.1) is 12.2 Å². The van der Waals surface area contributed by atoms with Crippen LogP contribution in [0.25, 0.3) is 16.9 Å². The second-order valence-electron chi connectivity index (χ2n) is 6.01. The maximum absolute atomic E-state index is 14.7. The largest absolute Gasteiger partial charge is 0.434 e. The van der Waals surface area contributed by atoms with Crippen molar-refractivity contribution in [2.75, 3.05) is 18.5 Å². The molecule has 3 aromatic rings. The molecule has 4 rings (SSSR count). The zero-order chi connectivity index (χ0) is 19.7. The summed E-state index contributed by atoms with van der Waals surface area (Å²) in [5.74, 6) is -0.381. The van der Waals surface area contributed by atoms with E-state index in [1.54, 1.807) is 24.3 Å². The Bertz CT molecular complexity index is 1020. The van der Waals surface area contributed by atoms with E-state index in [1.807, 2.05) is 0 Å². The summed E-state index contributed by atoms with van der Waals surface area (Å²) >= 11 is 0. The number of benzene rings is 1. The van der Waals surface area contributed by atoms with Crippen LogP contribution in [-0.4, -0.2) is 51.4 Å². The van der Waals surface area contributed by atoms with Crippen molar-refractivity contribution in [1.29, 1.82) is 0 Å². The predicted octanol–water partition coefficient (Wildman–Crippen LogP) is 1.54. The lowest BCUT2D eigenvalue weighted by atomic mass is 10.1. The fraction of sp³-hybridized carbons (Fsp3) is 0.167. The Morgan fingerprint density at radius 3 is 2.82 bits per heavy atom. The van der Waals surface area contributed by atoms with Crippen LogP contribution < -0.4 is 10.2 Å². The number of likely N-dealkylation sites (N-methyl/N-ethyl adjacent to an activating group) is 1. The van der Waals surface area contributed by atoms with Gasteiger partial charge in [0.2, 0.25) is 0 Å². The number of hydrogen-bond acceptors (Lipinski definition) is 6. The average molecular weight is 382 g/mol. The van der Waals surface area contributed by atoms with Crippen LogP contribution in [0.3, 0.4) is 0 Å². The molecule has 0 bridgehead atoms. The first kappa shape index (κ1) is 17.6. The second kappa shape index (κ2) is 7.06. The molecule has 1 aliphatic heterocycles. The van der Waals surface area contributed by atoms with Crippen molar-refractivity contribution in [3.05, 3.63) is 55.0 Å². The Morgan fingerprint density at radius 1 is 1.32 bits per heavy atom. The molecule has 142 valence electrons. The first-order valence-corrected chi connectivity index (χ1v) is 8.37. The summed E-state index contributed by atoms with van der Waals surface area (Å²) in [6.07, 6.45) is 2.82. The minimum atomic E-state index is -0.922. The Labute approximate surface area is 158 Å². The van der Waals surface area contributed by atoms with E-state index >= 15 is 0 Å². The first-order valence-electron chi connectivity index (χ1n) is 8.37. The Morgan fingerprint density at radius 2 is 2.18 bits per heavy atom. The van der Waals surface area contributed by atoms with Gasteiger partial charge in [-0.05, 0) is 30.3 Å². The smallest absolute Gasteiger partial charge is 0.415 e. The number of halogens is 1. The van der Waals surface area contributed by atoms with Crippen LogP contribution in [0.1, 0.15) is 0 Å². The van der Waals surface area contributed by atoms with E-state index in [9.17, 15) is 14.0 Å². The maximum atomic E-state index is 14.7. The lowest BCUT2D eigenvalue weighted by molar-refractivity contribution is -0.127. The molecule has 1 aliphatic rings. The van der Waals surface area contributed by atoms with Crippen LogP contribution in [0, 0.1) is 5.82 Å². The van der Waals surface area contributed by atoms with E-state index in [0.29, 0.717) is 22.6 Å². The number of aromatic nitrogens is 4. The molecule has 1 fully saturated rings. The van der Waals surface area contributed by atoms with Gasteiger partial charge in [-0.15, -0.1) is 0 Å². The normalized spacial score (nSPS) is 16.1. The molecule has 0 aliphatic carbocycles. The molecule has 0 radical (unpaired) electrons. The molecule has 2 amide bonds. The quantitative estimate of drug-likeness (QED) is 0.734. The van der Waals surface area contributed by atoms with E-state index < -0.39 is 23.9 Å². The molecule has 28 heavy (non-hydrogen) atoms. The Kier molecular flexibility index (Phi) is 4.44. The number of rotatable bonds is 4. The molecular weight excluding hydrogens is 367 g/mol. The molecule has 1 saturated heterocycles. The van der Waals surface area contributed by atoms with E-state index in [2.05, 4.69) is 20.4 Å². The zero-order valence-corrected chi connectivity index (χ0v) is 14.7. The Hall–Kier alpha value is -3.82. The lowest BCUT2D eigenvalue weighted by Gasteiger charge is -2.14. The highest BCUT2D eigenvalue weighted by atomic mass is 19.1. The van der Waals surface area contributed by atoms with Gasteiger partial charge >= 0.3 is 6.09 Å². The number of anilines is 1. The van der Waals surface area contributed by atoms with Crippen molar-refractivity contribution >= 4 is 17.7 Å². The molecule has 1 atom stereocenters. The summed E-state index contributed by atoms with van der Waals surface area (Å²) in [6, 6.07) is 7.79. The van der Waals surface area contributed by atoms with Crippen molar-refractivity contribution in [3.63, 3.8) is 0 Å². The summed E-state index contributed by atoms with van der Waals surface area (Å²) in [5.41, 5.74) is 1.21. The van der Waals surface area contributed by atoms with Crippen LogP contribution in [0.15, 0.2) is 49.2 Å². The van der Waals surface area contributed by atoms with Gasteiger partial charge in [0.25, 0.3) is 5.91 Å². The van der Waals surface area contributed by atoms with Crippen LogP contribution >= 0.6 is 0 Å². The molecule has 2 aromatic heterocycles. The highest BCUT2D eigenvalue weighted by molar-refractivity contribution is 5.95. The molecule has 1 aromatic carbocycles. The molecular formula is C18H15FN6O3. The standard InChI is InChI=1S/C18H15FN6O3/c1-20-17(26)15-8-24(18(27)28-15)12-3-4-13(14(19)6-12)11-2-5-16(22-7-11)25-10-21-9-23-25/h2-7,9-10,15H,8H2,1H3,(H,20,26)/t15-/m1/s1. The average Bonchev–Trinajstić information content (AvgIpc) is 3.37. The fourth-order valence-corrected chi connectivity index (χ4v) is 2.88. The topological polar surface area (TPSA) is 102 Å². The van der Waals surface area contributed by atoms with Crippen LogP contribution in [0.5, 0.6) is 0 Å². The van der Waals surface area contributed by atoms with Crippen LogP contribution in [0.2, 0.25) is 0 Å². The summed E-state index contributed by atoms with van der Waals surface area (Å²) < 4.78 is 21.2. The third-order valence-corrected chi connectivity index (χ3v) is 4.33. The van der Waals surface area contributed by atoms with Gasteiger partial charge in [0, 0.05) is 24.4 Å². The summed E-state index contributed by atoms with van der Waals surface area (Å²) in [6.45, 7) is 0.0193. The van der Waals surface area contributed by atoms with E-state index in [4.69, 9.17) is 4.74 Å². The lowest BCUT2D eigenvalue weighted by Crippen LogP contribution is -2.35. The second-order valence-corrected chi connectivity index (χ2v) is 6.01. The number of pyridine rings is 1. The summed E-state index contributed by atoms with van der Waals surface area (Å²) in [4.78, 5) is 33.0. The highest BCUT2D eigenvalue weighted by Gasteiger charge is 2.36. The molecule has 0 saturated carbocycles. The third-order valence-electron chi connectivity index (χ3n) is 4.33. The monoisotopic (exact) mass is 382 g/mol. The van der Waals surface area contributed by atoms with Crippen molar-refractivity contribution in [1.82, 2.24) is 25.1 Å². The van der Waals surface area contributed by atoms with Crippen molar-refractivity contribution in [3.8, 4) is 16.9 Å². The number of nitrogens with zero attached hydrogens (tertiary/aromatic N) is 5. The van der Waals surface area contributed by atoms with Crippen LogP contribution in [-0.2, 0) is 9.53 Å². The maximum Gasteiger partial charge on any atom is 0.415 e.